The van der Waals surface area contributed by atoms with E-state index in [1.807, 2.05) is 6.07 Å². The first kappa shape index (κ1) is 20.7. The number of ketones is 1. The van der Waals surface area contributed by atoms with Crippen LogP contribution in [0.15, 0.2) is 71.2 Å². The van der Waals surface area contributed by atoms with Crippen LogP contribution < -0.4 is 10.6 Å². The summed E-state index contributed by atoms with van der Waals surface area (Å²) in [6, 6.07) is 13.7. The molecule has 0 bridgehead atoms. The Morgan fingerprint density at radius 2 is 1.81 bits per heavy atom. The van der Waals surface area contributed by atoms with E-state index in [2.05, 4.69) is 0 Å². The van der Waals surface area contributed by atoms with Gasteiger partial charge in [0.1, 0.15) is 11.5 Å². The molecule has 0 spiro atoms. The summed E-state index contributed by atoms with van der Waals surface area (Å²) in [5, 5.41) is 32.9. The summed E-state index contributed by atoms with van der Waals surface area (Å²) < 4.78 is 0. The number of benzene rings is 2. The van der Waals surface area contributed by atoms with E-state index in [0.717, 1.165) is 0 Å². The zero-order chi connectivity index (χ0) is 23.0. The minimum absolute atomic E-state index is 0.0117. The fourth-order valence-electron chi connectivity index (χ4n) is 4.32. The fourth-order valence-corrected chi connectivity index (χ4v) is 4.32. The molecule has 0 unspecified atom stereocenters. The number of carbonyl (C=O) groups excluding carboxylic acids is 1. The van der Waals surface area contributed by atoms with E-state index in [4.69, 9.17) is 5.73 Å². The van der Waals surface area contributed by atoms with Crippen LogP contribution in [0.5, 0.6) is 0 Å². The number of nitrogens with zero attached hydrogens (tertiary/aromatic N) is 4. The lowest BCUT2D eigenvalue weighted by Gasteiger charge is -2.39. The van der Waals surface area contributed by atoms with Crippen molar-refractivity contribution >= 4 is 22.8 Å². The summed E-state index contributed by atoms with van der Waals surface area (Å²) >= 11 is 0. The highest BCUT2D eigenvalue weighted by Crippen LogP contribution is 2.48. The highest BCUT2D eigenvalue weighted by atomic mass is 16.6. The molecule has 2 aromatic rings. The fraction of sp³-hybridized carbons (Fsp3) is 0.182. The van der Waals surface area contributed by atoms with Crippen LogP contribution in [0.2, 0.25) is 0 Å². The highest BCUT2D eigenvalue weighted by molar-refractivity contribution is 6.01. The van der Waals surface area contributed by atoms with E-state index in [9.17, 15) is 30.3 Å². The monoisotopic (exact) mass is 431 g/mol. The van der Waals surface area contributed by atoms with Crippen molar-refractivity contribution in [3.8, 4) is 6.07 Å². The van der Waals surface area contributed by atoms with Gasteiger partial charge in [-0.25, -0.2) is 0 Å². The van der Waals surface area contributed by atoms with Crippen molar-refractivity contribution in [2.75, 3.05) is 4.90 Å². The van der Waals surface area contributed by atoms with Crippen molar-refractivity contribution in [2.24, 2.45) is 5.73 Å². The second-order valence-corrected chi connectivity index (χ2v) is 7.41. The van der Waals surface area contributed by atoms with Gasteiger partial charge < -0.3 is 5.73 Å². The van der Waals surface area contributed by atoms with Gasteiger partial charge in [-0.1, -0.05) is 24.3 Å². The molecule has 32 heavy (non-hydrogen) atoms. The summed E-state index contributed by atoms with van der Waals surface area (Å²) in [4.78, 5) is 36.3. The van der Waals surface area contributed by atoms with E-state index in [1.54, 1.807) is 12.1 Å². The molecular formula is C22H17N5O5. The lowest BCUT2D eigenvalue weighted by molar-refractivity contribution is -0.384. The van der Waals surface area contributed by atoms with Crippen molar-refractivity contribution in [1.29, 1.82) is 5.26 Å². The maximum absolute atomic E-state index is 13.1. The molecular weight excluding hydrogens is 414 g/mol. The van der Waals surface area contributed by atoms with Crippen LogP contribution in [0, 0.1) is 31.6 Å². The Hall–Kier alpha value is -4.52. The molecule has 2 aliphatic rings. The topological polar surface area (TPSA) is 156 Å². The Morgan fingerprint density at radius 3 is 2.50 bits per heavy atom. The number of hydrogen-bond acceptors (Lipinski definition) is 8. The minimum atomic E-state index is -0.887. The van der Waals surface area contributed by atoms with Crippen LogP contribution in [0.4, 0.5) is 17.1 Å². The van der Waals surface area contributed by atoms with Crippen molar-refractivity contribution in [3.63, 3.8) is 0 Å². The molecule has 0 aromatic heterocycles. The molecule has 0 amide bonds. The summed E-state index contributed by atoms with van der Waals surface area (Å²) in [7, 11) is 0. The Kier molecular flexibility index (Phi) is 5.16. The van der Waals surface area contributed by atoms with Crippen LogP contribution in [0.25, 0.3) is 0 Å². The maximum Gasteiger partial charge on any atom is 0.293 e. The van der Waals surface area contributed by atoms with Gasteiger partial charge in [-0.2, -0.15) is 5.26 Å². The van der Waals surface area contributed by atoms with E-state index in [-0.39, 0.29) is 40.7 Å². The lowest BCUT2D eigenvalue weighted by atomic mass is 9.75. The predicted molar refractivity (Wildman–Crippen MR) is 114 cm³/mol. The number of para-hydroxylation sites is 2. The zero-order valence-corrected chi connectivity index (χ0v) is 16.7. The number of nitriles is 1. The summed E-state index contributed by atoms with van der Waals surface area (Å²) in [5.41, 5.74) is 7.33. The second kappa shape index (κ2) is 7.96. The number of hydrogen-bond donors (Lipinski definition) is 1. The smallest absolute Gasteiger partial charge is 0.293 e. The van der Waals surface area contributed by atoms with Gasteiger partial charge in [0, 0.05) is 35.9 Å². The quantitative estimate of drug-likeness (QED) is 0.565. The molecule has 4 rings (SSSR count). The molecule has 10 nitrogen and oxygen atoms in total. The molecule has 0 fully saturated rings. The number of anilines is 1. The molecule has 2 N–H and O–H groups in total. The van der Waals surface area contributed by atoms with Gasteiger partial charge in [-0.15, -0.1) is 0 Å². The predicted octanol–water partition coefficient (Wildman–Crippen LogP) is 3.81. The van der Waals surface area contributed by atoms with Gasteiger partial charge >= 0.3 is 0 Å². The Morgan fingerprint density at radius 1 is 1.06 bits per heavy atom. The van der Waals surface area contributed by atoms with Crippen LogP contribution in [-0.4, -0.2) is 15.6 Å². The standard InChI is InChI=1S/C22H17N5O5/c23-12-15-20(13-5-3-6-14(11-13)26(29)30)21-18(9-4-10-19(21)28)25(22(15)24)16-7-1-2-8-17(16)27(31)32/h1-3,5-8,11,20H,4,9-10,24H2/t20-/m1/s1. The number of nitrogens with two attached hydrogens (primary N) is 1. The summed E-state index contributed by atoms with van der Waals surface area (Å²) in [5.74, 6) is -1.14. The van der Waals surface area contributed by atoms with Crippen LogP contribution in [-0.2, 0) is 4.79 Å². The van der Waals surface area contributed by atoms with Gasteiger partial charge in [0.2, 0.25) is 0 Å². The Labute approximate surface area is 182 Å². The molecule has 1 aliphatic carbocycles. The molecule has 160 valence electrons. The number of nitro groups is 2. The second-order valence-electron chi connectivity index (χ2n) is 7.41. The third-order valence-corrected chi connectivity index (χ3v) is 5.65. The molecule has 0 saturated heterocycles. The number of allylic oxidation sites excluding steroid dienone is 3. The van der Waals surface area contributed by atoms with Crippen molar-refractivity contribution in [2.45, 2.75) is 25.2 Å². The van der Waals surface area contributed by atoms with Crippen LogP contribution in [0.3, 0.4) is 0 Å². The average molecular weight is 431 g/mol. The third-order valence-electron chi connectivity index (χ3n) is 5.65. The highest BCUT2D eigenvalue weighted by Gasteiger charge is 2.41. The van der Waals surface area contributed by atoms with Crippen LogP contribution >= 0.6 is 0 Å². The number of carbonyl (C=O) groups is 1. The third kappa shape index (κ3) is 3.26. The Bertz CT molecular complexity index is 1270. The normalized spacial score (nSPS) is 18.3. The average Bonchev–Trinajstić information content (AvgIpc) is 2.78. The first-order valence-corrected chi connectivity index (χ1v) is 9.79. The maximum atomic E-state index is 13.1. The van der Waals surface area contributed by atoms with Gasteiger partial charge in [-0.3, -0.25) is 29.9 Å². The zero-order valence-electron chi connectivity index (χ0n) is 16.7. The molecule has 0 radical (unpaired) electrons. The molecule has 2 aromatic carbocycles. The number of non-ortho nitro benzene ring substituents is 1. The van der Waals surface area contributed by atoms with Gasteiger partial charge in [0.15, 0.2) is 5.78 Å². The lowest BCUT2D eigenvalue weighted by Crippen LogP contribution is -2.39. The van der Waals surface area contributed by atoms with Crippen molar-refractivity contribution in [3.05, 3.63) is 97.0 Å². The molecule has 1 aliphatic heterocycles. The summed E-state index contributed by atoms with van der Waals surface area (Å²) in [6.45, 7) is 0. The first-order valence-electron chi connectivity index (χ1n) is 9.79. The van der Waals surface area contributed by atoms with Gasteiger partial charge in [0.05, 0.1) is 27.4 Å². The molecule has 1 atom stereocenters. The minimum Gasteiger partial charge on any atom is -0.384 e. The van der Waals surface area contributed by atoms with Gasteiger partial charge in [-0.05, 0) is 24.5 Å². The van der Waals surface area contributed by atoms with E-state index < -0.39 is 15.8 Å². The molecule has 10 heteroatoms. The van der Waals surface area contributed by atoms with E-state index >= 15 is 0 Å². The summed E-state index contributed by atoms with van der Waals surface area (Å²) in [6.07, 6.45) is 1.18. The van der Waals surface area contributed by atoms with Crippen LogP contribution in [0.1, 0.15) is 30.7 Å². The molecule has 0 saturated carbocycles. The SMILES string of the molecule is N#CC1=C(N)N(c2ccccc2[N+](=O)[O-])C2=C(C(=O)CCC2)[C@@H]1c1cccc([N+](=O)[O-])c1. The number of rotatable bonds is 4. The van der Waals surface area contributed by atoms with E-state index in [0.29, 0.717) is 29.7 Å². The first-order chi connectivity index (χ1) is 15.3. The number of Topliss-reactive ketones (excluding diaryl/α,β-unsaturated/α-hetero) is 1. The van der Waals surface area contributed by atoms with Crippen molar-refractivity contribution < 1.29 is 14.6 Å². The largest absolute Gasteiger partial charge is 0.384 e. The van der Waals surface area contributed by atoms with Gasteiger partial charge in [0.25, 0.3) is 11.4 Å². The van der Waals surface area contributed by atoms with E-state index in [1.165, 1.54) is 41.3 Å². The number of nitro benzene ring substituents is 2. The Balaban J connectivity index is 2.00. The molecule has 1 heterocycles. The van der Waals surface area contributed by atoms with Crippen molar-refractivity contribution in [1.82, 2.24) is 0 Å².